The molecule has 0 saturated heterocycles. The summed E-state index contributed by atoms with van der Waals surface area (Å²) in [5, 5.41) is 11.4. The van der Waals surface area contributed by atoms with Gasteiger partial charge in [-0.05, 0) is 37.1 Å². The van der Waals surface area contributed by atoms with E-state index in [9.17, 15) is 28.1 Å². The second-order valence-corrected chi connectivity index (χ2v) is 9.49. The van der Waals surface area contributed by atoms with Crippen molar-refractivity contribution in [1.29, 1.82) is 0 Å². The maximum Gasteiger partial charge on any atom is 0.282 e. The van der Waals surface area contributed by atoms with E-state index in [1.807, 2.05) is 0 Å². The lowest BCUT2D eigenvalue weighted by atomic mass is 10.0. The number of rotatable bonds is 9. The zero-order valence-electron chi connectivity index (χ0n) is 17.7. The van der Waals surface area contributed by atoms with Gasteiger partial charge in [0.2, 0.25) is 0 Å². The minimum absolute atomic E-state index is 0.0103. The number of ether oxygens (including phenoxy) is 2. The highest BCUT2D eigenvalue weighted by Gasteiger charge is 2.45. The summed E-state index contributed by atoms with van der Waals surface area (Å²) < 4.78 is 35.0. The van der Waals surface area contributed by atoms with Crippen LogP contribution in [0.2, 0.25) is 0 Å². The number of benzene rings is 2. The summed E-state index contributed by atoms with van der Waals surface area (Å²) in [6, 6.07) is 7.67. The molecule has 0 saturated carbocycles. The molecule has 32 heavy (non-hydrogen) atoms. The van der Waals surface area contributed by atoms with E-state index in [1.165, 1.54) is 19.2 Å². The first-order valence-corrected chi connectivity index (χ1v) is 11.8. The number of nitrogens with zero attached hydrogens (tertiary/aromatic N) is 2. The number of sulfone groups is 1. The smallest absolute Gasteiger partial charge is 0.282 e. The van der Waals surface area contributed by atoms with Gasteiger partial charge in [-0.1, -0.05) is 12.1 Å². The van der Waals surface area contributed by atoms with E-state index in [-0.39, 0.29) is 17.5 Å². The van der Waals surface area contributed by atoms with Crippen LogP contribution >= 0.6 is 0 Å². The molecule has 2 aromatic rings. The van der Waals surface area contributed by atoms with Crippen molar-refractivity contribution >= 4 is 27.3 Å². The van der Waals surface area contributed by atoms with E-state index in [2.05, 4.69) is 0 Å². The van der Waals surface area contributed by atoms with Crippen LogP contribution in [-0.2, 0) is 16.3 Å². The second-order valence-electron chi connectivity index (χ2n) is 7.31. The standard InChI is InChI=1S/C21H22N2O8S/c1-4-31-18-11-13(8-9-17(18)30-2)10-14(12-32(3,28)29)22-20(24)15-6-5-7-16(23(26)27)19(15)21(22)25/h5-9,11,14H,4,10,12H2,1-3H3. The number of fused-ring (bicyclic) bond motifs is 1. The molecule has 0 radical (unpaired) electrons. The molecule has 0 spiro atoms. The molecule has 0 N–H and O–H groups in total. The number of carbonyl (C=O) groups is 2. The van der Waals surface area contributed by atoms with Gasteiger partial charge in [-0.15, -0.1) is 0 Å². The molecular weight excluding hydrogens is 440 g/mol. The van der Waals surface area contributed by atoms with Crippen molar-refractivity contribution in [2.24, 2.45) is 0 Å². The van der Waals surface area contributed by atoms with Crippen molar-refractivity contribution in [3.63, 3.8) is 0 Å². The summed E-state index contributed by atoms with van der Waals surface area (Å²) in [6.07, 6.45) is 1.01. The highest BCUT2D eigenvalue weighted by atomic mass is 32.2. The summed E-state index contributed by atoms with van der Waals surface area (Å²) in [4.78, 5) is 37.5. The topological polar surface area (TPSA) is 133 Å². The number of carbonyl (C=O) groups excluding carboxylic acids is 2. The van der Waals surface area contributed by atoms with Gasteiger partial charge in [-0.3, -0.25) is 24.6 Å². The van der Waals surface area contributed by atoms with Gasteiger partial charge in [0.05, 0.1) is 36.0 Å². The molecule has 11 heteroatoms. The fourth-order valence-corrected chi connectivity index (χ4v) is 4.70. The number of amides is 2. The second kappa shape index (κ2) is 8.95. The van der Waals surface area contributed by atoms with Crippen LogP contribution in [0, 0.1) is 10.1 Å². The highest BCUT2D eigenvalue weighted by Crippen LogP contribution is 2.34. The monoisotopic (exact) mass is 462 g/mol. The van der Waals surface area contributed by atoms with Gasteiger partial charge in [0.25, 0.3) is 17.5 Å². The van der Waals surface area contributed by atoms with E-state index >= 15 is 0 Å². The predicted molar refractivity (Wildman–Crippen MR) is 115 cm³/mol. The van der Waals surface area contributed by atoms with Gasteiger partial charge in [0, 0.05) is 12.3 Å². The number of hydrogen-bond donors (Lipinski definition) is 0. The summed E-state index contributed by atoms with van der Waals surface area (Å²) in [6.45, 7) is 2.17. The Balaban J connectivity index is 2.03. The Morgan fingerprint density at radius 1 is 1.12 bits per heavy atom. The van der Waals surface area contributed by atoms with Crippen molar-refractivity contribution in [2.45, 2.75) is 19.4 Å². The van der Waals surface area contributed by atoms with E-state index in [0.717, 1.165) is 17.2 Å². The average Bonchev–Trinajstić information content (AvgIpc) is 2.97. The summed E-state index contributed by atoms with van der Waals surface area (Å²) in [5.74, 6) is -1.23. The number of methoxy groups -OCH3 is 1. The third-order valence-electron chi connectivity index (χ3n) is 4.98. The predicted octanol–water partition coefficient (Wildman–Crippen LogP) is 2.25. The average molecular weight is 462 g/mol. The first kappa shape index (κ1) is 23.2. The lowest BCUT2D eigenvalue weighted by molar-refractivity contribution is -0.385. The maximum atomic E-state index is 13.1. The Hall–Kier alpha value is -3.47. The van der Waals surface area contributed by atoms with Gasteiger partial charge in [-0.2, -0.15) is 0 Å². The molecule has 1 unspecified atom stereocenters. The molecule has 1 heterocycles. The van der Waals surface area contributed by atoms with Gasteiger partial charge < -0.3 is 9.47 Å². The molecule has 0 aliphatic carbocycles. The Kier molecular flexibility index (Phi) is 6.49. The molecule has 2 aromatic carbocycles. The molecule has 1 atom stereocenters. The Morgan fingerprint density at radius 3 is 2.44 bits per heavy atom. The molecule has 170 valence electrons. The van der Waals surface area contributed by atoms with E-state index < -0.39 is 44.1 Å². The van der Waals surface area contributed by atoms with E-state index in [1.54, 1.807) is 25.1 Å². The quantitative estimate of drug-likeness (QED) is 0.315. The van der Waals surface area contributed by atoms with Crippen molar-refractivity contribution in [3.8, 4) is 11.5 Å². The minimum Gasteiger partial charge on any atom is -0.493 e. The van der Waals surface area contributed by atoms with Crippen molar-refractivity contribution < 1.29 is 32.4 Å². The van der Waals surface area contributed by atoms with Crippen LogP contribution in [0.25, 0.3) is 0 Å². The summed E-state index contributed by atoms with van der Waals surface area (Å²) in [7, 11) is -2.13. The lowest BCUT2D eigenvalue weighted by Crippen LogP contribution is -2.45. The molecular formula is C21H22N2O8S. The zero-order valence-corrected chi connectivity index (χ0v) is 18.5. The molecule has 3 rings (SSSR count). The van der Waals surface area contributed by atoms with Crippen molar-refractivity contribution in [2.75, 3.05) is 25.7 Å². The van der Waals surface area contributed by atoms with Crippen LogP contribution in [0.4, 0.5) is 5.69 Å². The highest BCUT2D eigenvalue weighted by molar-refractivity contribution is 7.90. The van der Waals surface area contributed by atoms with Crippen LogP contribution in [0.3, 0.4) is 0 Å². The summed E-state index contributed by atoms with van der Waals surface area (Å²) >= 11 is 0. The first-order chi connectivity index (χ1) is 15.1. The molecule has 2 amide bonds. The van der Waals surface area contributed by atoms with Crippen LogP contribution in [0.15, 0.2) is 36.4 Å². The first-order valence-electron chi connectivity index (χ1n) is 9.70. The molecule has 10 nitrogen and oxygen atoms in total. The Labute approximate surface area is 184 Å². The van der Waals surface area contributed by atoms with Crippen molar-refractivity contribution in [3.05, 3.63) is 63.2 Å². The largest absolute Gasteiger partial charge is 0.493 e. The van der Waals surface area contributed by atoms with E-state index in [0.29, 0.717) is 23.7 Å². The SMILES string of the molecule is CCOc1cc(CC(CS(C)(=O)=O)N2C(=O)c3cccc([N+](=O)[O-])c3C2=O)ccc1OC. The van der Waals surface area contributed by atoms with E-state index in [4.69, 9.17) is 9.47 Å². The molecule has 0 fully saturated rings. The molecule has 0 aromatic heterocycles. The maximum absolute atomic E-state index is 13.1. The molecule has 0 bridgehead atoms. The van der Waals surface area contributed by atoms with Crippen molar-refractivity contribution in [1.82, 2.24) is 4.90 Å². The summed E-state index contributed by atoms with van der Waals surface area (Å²) in [5.41, 5.74) is -0.336. The zero-order chi connectivity index (χ0) is 23.6. The number of nitro groups is 1. The Bertz CT molecular complexity index is 1190. The fraction of sp³-hybridized carbons (Fsp3) is 0.333. The normalized spacial score (nSPS) is 14.3. The number of hydrogen-bond acceptors (Lipinski definition) is 8. The van der Waals surface area contributed by atoms with Crippen LogP contribution in [0.5, 0.6) is 11.5 Å². The van der Waals surface area contributed by atoms with Gasteiger partial charge in [-0.25, -0.2) is 8.42 Å². The molecule has 1 aliphatic rings. The van der Waals surface area contributed by atoms with Crippen LogP contribution < -0.4 is 9.47 Å². The third-order valence-corrected chi connectivity index (χ3v) is 5.97. The lowest BCUT2D eigenvalue weighted by Gasteiger charge is -2.26. The minimum atomic E-state index is -3.61. The van der Waals surface area contributed by atoms with Gasteiger partial charge in [0.15, 0.2) is 11.5 Å². The van der Waals surface area contributed by atoms with Crippen LogP contribution in [-0.4, -0.2) is 61.8 Å². The molecule has 1 aliphatic heterocycles. The fourth-order valence-electron chi connectivity index (χ4n) is 3.73. The van der Waals surface area contributed by atoms with Gasteiger partial charge >= 0.3 is 0 Å². The number of nitro benzene ring substituents is 1. The number of imide groups is 1. The Morgan fingerprint density at radius 2 is 1.84 bits per heavy atom. The van der Waals surface area contributed by atoms with Crippen LogP contribution in [0.1, 0.15) is 33.2 Å². The van der Waals surface area contributed by atoms with Gasteiger partial charge in [0.1, 0.15) is 15.4 Å². The third kappa shape index (κ3) is 4.57.